The van der Waals surface area contributed by atoms with E-state index in [1.54, 1.807) is 0 Å². The van der Waals surface area contributed by atoms with Crippen molar-refractivity contribution in [2.24, 2.45) is 0 Å². The van der Waals surface area contributed by atoms with E-state index in [-0.39, 0.29) is 31.0 Å². The molecule has 19 heavy (non-hydrogen) atoms. The highest BCUT2D eigenvalue weighted by Gasteiger charge is 2.29. The van der Waals surface area contributed by atoms with Gasteiger partial charge in [-0.05, 0) is 11.6 Å². The van der Waals surface area contributed by atoms with Crippen LogP contribution in [0.2, 0.25) is 0 Å². The largest absolute Gasteiger partial charge is 0.469 e. The summed E-state index contributed by atoms with van der Waals surface area (Å²) >= 11 is 0. The van der Waals surface area contributed by atoms with Gasteiger partial charge in [0.1, 0.15) is 0 Å². The molecule has 7 heteroatoms. The van der Waals surface area contributed by atoms with Crippen molar-refractivity contribution in [2.45, 2.75) is 12.8 Å². The van der Waals surface area contributed by atoms with E-state index in [2.05, 4.69) is 4.74 Å². The van der Waals surface area contributed by atoms with Crippen molar-refractivity contribution in [3.63, 3.8) is 0 Å². The summed E-state index contributed by atoms with van der Waals surface area (Å²) < 4.78 is 4.52. The Bertz CT molecular complexity index is 555. The minimum atomic E-state index is -0.498. The maximum absolute atomic E-state index is 11.8. The van der Waals surface area contributed by atoms with Gasteiger partial charge in [0.25, 0.3) is 5.69 Å². The van der Waals surface area contributed by atoms with Gasteiger partial charge >= 0.3 is 5.97 Å². The first kappa shape index (κ1) is 13.0. The molecular formula is C12H12N2O5. The van der Waals surface area contributed by atoms with Crippen LogP contribution >= 0.6 is 0 Å². The number of anilines is 1. The van der Waals surface area contributed by atoms with Gasteiger partial charge in [-0.3, -0.25) is 19.7 Å². The number of amides is 1. The van der Waals surface area contributed by atoms with Gasteiger partial charge in [-0.1, -0.05) is 0 Å². The molecule has 0 aliphatic carbocycles. The smallest absolute Gasteiger partial charge is 0.307 e. The number of nitro benzene ring substituents is 1. The lowest BCUT2D eigenvalue weighted by Crippen LogP contribution is -2.29. The first-order valence-electron chi connectivity index (χ1n) is 5.67. The van der Waals surface area contributed by atoms with Crippen LogP contribution in [0, 0.1) is 10.1 Å². The molecule has 1 aromatic carbocycles. The van der Waals surface area contributed by atoms with Crippen LogP contribution in [0.4, 0.5) is 11.4 Å². The van der Waals surface area contributed by atoms with E-state index < -0.39 is 10.9 Å². The third-order valence-electron chi connectivity index (χ3n) is 2.97. The van der Waals surface area contributed by atoms with E-state index in [1.807, 2.05) is 0 Å². The van der Waals surface area contributed by atoms with E-state index >= 15 is 0 Å². The summed E-state index contributed by atoms with van der Waals surface area (Å²) in [4.78, 5) is 34.5. The predicted octanol–water partition coefficient (Wildman–Crippen LogP) is 1.05. The molecule has 0 unspecified atom stereocenters. The number of carbonyl (C=O) groups excluding carboxylic acids is 2. The number of esters is 1. The van der Waals surface area contributed by atoms with Crippen molar-refractivity contribution < 1.29 is 19.2 Å². The van der Waals surface area contributed by atoms with Gasteiger partial charge in [0.2, 0.25) is 5.91 Å². The molecule has 0 radical (unpaired) electrons. The minimum absolute atomic E-state index is 0.0404. The zero-order valence-corrected chi connectivity index (χ0v) is 10.3. The Hall–Kier alpha value is -2.44. The number of benzene rings is 1. The van der Waals surface area contributed by atoms with Crippen LogP contribution in [0.1, 0.15) is 12.0 Å². The van der Waals surface area contributed by atoms with Crippen LogP contribution in [0.5, 0.6) is 0 Å². The van der Waals surface area contributed by atoms with E-state index in [4.69, 9.17) is 0 Å². The molecule has 0 atom stereocenters. The molecule has 7 nitrogen and oxygen atoms in total. The molecule has 1 amide bonds. The molecule has 0 saturated carbocycles. The van der Waals surface area contributed by atoms with Crippen molar-refractivity contribution in [2.75, 3.05) is 18.6 Å². The Kier molecular flexibility index (Phi) is 3.46. The second-order valence-electron chi connectivity index (χ2n) is 4.12. The van der Waals surface area contributed by atoms with Crippen molar-refractivity contribution in [1.82, 2.24) is 0 Å². The Balaban J connectivity index is 2.20. The monoisotopic (exact) mass is 264 g/mol. The van der Waals surface area contributed by atoms with Crippen LogP contribution in [0.25, 0.3) is 0 Å². The Labute approximate surface area is 108 Å². The fourth-order valence-electron chi connectivity index (χ4n) is 2.03. The molecule has 100 valence electrons. The van der Waals surface area contributed by atoms with Crippen LogP contribution < -0.4 is 4.90 Å². The number of hydrogen-bond donors (Lipinski definition) is 0. The van der Waals surface area contributed by atoms with Crippen molar-refractivity contribution in [3.8, 4) is 0 Å². The van der Waals surface area contributed by atoms with E-state index in [9.17, 15) is 19.7 Å². The number of carbonyl (C=O) groups is 2. The lowest BCUT2D eigenvalue weighted by Gasteiger charge is -2.16. The normalized spacial score (nSPS) is 13.3. The fraction of sp³-hybridized carbons (Fsp3) is 0.333. The van der Waals surface area contributed by atoms with Gasteiger partial charge in [0.05, 0.1) is 24.9 Å². The van der Waals surface area contributed by atoms with Crippen molar-refractivity contribution >= 4 is 23.3 Å². The lowest BCUT2D eigenvalue weighted by molar-refractivity contribution is -0.384. The molecule has 2 rings (SSSR count). The first-order valence-corrected chi connectivity index (χ1v) is 5.67. The topological polar surface area (TPSA) is 89.8 Å². The third-order valence-corrected chi connectivity index (χ3v) is 2.97. The van der Waals surface area contributed by atoms with E-state index in [0.29, 0.717) is 11.3 Å². The Morgan fingerprint density at radius 2 is 2.26 bits per heavy atom. The maximum atomic E-state index is 11.8. The van der Waals surface area contributed by atoms with Crippen molar-refractivity contribution in [3.05, 3.63) is 33.9 Å². The highest BCUT2D eigenvalue weighted by molar-refractivity contribution is 6.02. The summed E-state index contributed by atoms with van der Waals surface area (Å²) in [5, 5.41) is 10.7. The molecule has 0 N–H and O–H groups in total. The molecule has 1 heterocycles. The number of hydrogen-bond acceptors (Lipinski definition) is 5. The summed E-state index contributed by atoms with van der Waals surface area (Å²) in [5.74, 6) is -0.567. The van der Waals surface area contributed by atoms with E-state index in [1.165, 1.54) is 30.2 Å². The molecule has 1 aliphatic heterocycles. The zero-order chi connectivity index (χ0) is 14.0. The average Bonchev–Trinajstić information content (AvgIpc) is 2.70. The summed E-state index contributed by atoms with van der Waals surface area (Å²) in [7, 11) is 1.28. The summed E-state index contributed by atoms with van der Waals surface area (Å²) in [6.07, 6.45) is 0.219. The molecular weight excluding hydrogens is 252 g/mol. The number of ether oxygens (including phenoxy) is 1. The fourth-order valence-corrected chi connectivity index (χ4v) is 2.03. The Morgan fingerprint density at radius 3 is 2.89 bits per heavy atom. The number of nitro groups is 1. The maximum Gasteiger partial charge on any atom is 0.307 e. The highest BCUT2D eigenvalue weighted by atomic mass is 16.6. The lowest BCUT2D eigenvalue weighted by atomic mass is 10.1. The second kappa shape index (κ2) is 5.05. The van der Waals surface area contributed by atoms with Crippen LogP contribution in [0.15, 0.2) is 18.2 Å². The van der Waals surface area contributed by atoms with Crippen molar-refractivity contribution in [1.29, 1.82) is 0 Å². The molecule has 1 aromatic rings. The SMILES string of the molecule is COC(=O)CCN1C(=O)Cc2cc([N+](=O)[O-])ccc21. The molecule has 0 bridgehead atoms. The quantitative estimate of drug-likeness (QED) is 0.460. The Morgan fingerprint density at radius 1 is 1.53 bits per heavy atom. The summed E-state index contributed by atoms with van der Waals surface area (Å²) in [5.41, 5.74) is 1.20. The molecule has 0 spiro atoms. The number of rotatable bonds is 4. The zero-order valence-electron chi connectivity index (χ0n) is 10.3. The minimum Gasteiger partial charge on any atom is -0.469 e. The van der Waals surface area contributed by atoms with Crippen LogP contribution in [0.3, 0.4) is 0 Å². The molecule has 0 fully saturated rings. The number of methoxy groups -OCH3 is 1. The summed E-state index contributed by atoms with van der Waals surface area (Å²) in [6, 6.07) is 4.28. The van der Waals surface area contributed by atoms with Gasteiger partial charge in [-0.2, -0.15) is 0 Å². The van der Waals surface area contributed by atoms with E-state index in [0.717, 1.165) is 0 Å². The van der Waals surface area contributed by atoms with Gasteiger partial charge in [-0.15, -0.1) is 0 Å². The van der Waals surface area contributed by atoms with Gasteiger partial charge in [-0.25, -0.2) is 0 Å². The number of non-ortho nitro benzene ring substituents is 1. The standard InChI is InChI=1S/C12H12N2O5/c1-19-12(16)4-5-13-10-3-2-9(14(17)18)6-8(10)7-11(13)15/h2-3,6H,4-5,7H2,1H3. The number of fused-ring (bicyclic) bond motifs is 1. The van der Waals surface area contributed by atoms with Crippen LogP contribution in [-0.2, 0) is 20.7 Å². The van der Waals surface area contributed by atoms with Gasteiger partial charge < -0.3 is 9.64 Å². The average molecular weight is 264 g/mol. The molecule has 0 aromatic heterocycles. The first-order chi connectivity index (χ1) is 9.02. The second-order valence-corrected chi connectivity index (χ2v) is 4.12. The van der Waals surface area contributed by atoms with Gasteiger partial charge in [0, 0.05) is 24.4 Å². The molecule has 0 saturated heterocycles. The number of nitrogens with zero attached hydrogens (tertiary/aromatic N) is 2. The highest BCUT2D eigenvalue weighted by Crippen LogP contribution is 2.31. The predicted molar refractivity (Wildman–Crippen MR) is 65.8 cm³/mol. The summed E-state index contributed by atoms with van der Waals surface area (Å²) in [6.45, 7) is 0.219. The van der Waals surface area contributed by atoms with Gasteiger partial charge in [0.15, 0.2) is 0 Å². The van der Waals surface area contributed by atoms with Crippen LogP contribution in [-0.4, -0.2) is 30.5 Å². The third kappa shape index (κ3) is 2.54. The molecule has 1 aliphatic rings.